The van der Waals surface area contributed by atoms with Crippen LogP contribution in [0.3, 0.4) is 0 Å². The van der Waals surface area contributed by atoms with E-state index < -0.39 is 12.1 Å². The van der Waals surface area contributed by atoms with Gasteiger partial charge in [0.15, 0.2) is 0 Å². The van der Waals surface area contributed by atoms with Crippen molar-refractivity contribution in [1.29, 1.82) is 0 Å². The highest BCUT2D eigenvalue weighted by atomic mass is 16.6. The van der Waals surface area contributed by atoms with Gasteiger partial charge in [-0.25, -0.2) is 4.79 Å². The Morgan fingerprint density at radius 3 is 2.46 bits per heavy atom. The van der Waals surface area contributed by atoms with E-state index >= 15 is 0 Å². The summed E-state index contributed by atoms with van der Waals surface area (Å²) in [5, 5.41) is 13.9. The molecule has 0 saturated heterocycles. The lowest BCUT2D eigenvalue weighted by Crippen LogP contribution is -2.51. The zero-order valence-electron chi connectivity index (χ0n) is 26.3. The molecule has 41 heavy (non-hydrogen) atoms. The fourth-order valence-electron chi connectivity index (χ4n) is 9.62. The standard InChI is InChI=1S/C34H56N2O5/c1-22(2)7-6-8-23(3)27-11-12-28-26-10-9-24-21-25(13-17-33(24,4)29(26)14-18-34(27,28)5)41-32(40)36-19-15-30(37)35-20-16-31(38)39/h9,22-23,25-29H,6-8,10-21H2,1-5H3,(H,35,37)(H,36,40)(H,38,39)/t23-,25?,26?,27-,28?,29?,33+,34-/m1/s1. The van der Waals surface area contributed by atoms with Gasteiger partial charge in [-0.15, -0.1) is 0 Å². The van der Waals surface area contributed by atoms with Crippen LogP contribution in [0, 0.1) is 46.3 Å². The Labute approximate surface area is 248 Å². The summed E-state index contributed by atoms with van der Waals surface area (Å²) in [5.41, 5.74) is 2.21. The zero-order chi connectivity index (χ0) is 29.8. The number of ether oxygens (including phenoxy) is 1. The van der Waals surface area contributed by atoms with Gasteiger partial charge in [0.2, 0.25) is 5.91 Å². The van der Waals surface area contributed by atoms with Crippen LogP contribution in [0.4, 0.5) is 4.79 Å². The lowest BCUT2D eigenvalue weighted by Gasteiger charge is -2.58. The topological polar surface area (TPSA) is 105 Å². The number of hydrogen-bond acceptors (Lipinski definition) is 4. The van der Waals surface area contributed by atoms with E-state index in [1.165, 1.54) is 56.9 Å². The van der Waals surface area contributed by atoms with Crippen molar-refractivity contribution in [2.75, 3.05) is 13.1 Å². The van der Waals surface area contributed by atoms with Crippen molar-refractivity contribution in [3.63, 3.8) is 0 Å². The number of carboxylic acid groups (broad SMARTS) is 1. The summed E-state index contributed by atoms with van der Waals surface area (Å²) in [6, 6.07) is 0. The number of carbonyl (C=O) groups excluding carboxylic acids is 2. The van der Waals surface area contributed by atoms with Crippen molar-refractivity contribution in [3.05, 3.63) is 11.6 Å². The highest BCUT2D eigenvalue weighted by Crippen LogP contribution is 2.67. The van der Waals surface area contributed by atoms with Gasteiger partial charge in [0.05, 0.1) is 6.42 Å². The van der Waals surface area contributed by atoms with Crippen LogP contribution in [0.2, 0.25) is 0 Å². The summed E-state index contributed by atoms with van der Waals surface area (Å²) in [4.78, 5) is 34.8. The lowest BCUT2D eigenvalue weighted by molar-refractivity contribution is -0.136. The Morgan fingerprint density at radius 1 is 0.976 bits per heavy atom. The number of fused-ring (bicyclic) bond motifs is 5. The van der Waals surface area contributed by atoms with Crippen LogP contribution in [-0.2, 0) is 14.3 Å². The first-order chi connectivity index (χ1) is 19.4. The second kappa shape index (κ2) is 13.5. The molecule has 0 spiro atoms. The Balaban J connectivity index is 1.28. The van der Waals surface area contributed by atoms with Crippen molar-refractivity contribution >= 4 is 18.0 Å². The van der Waals surface area contributed by atoms with Crippen molar-refractivity contribution in [2.24, 2.45) is 46.3 Å². The summed E-state index contributed by atoms with van der Waals surface area (Å²) in [6.07, 6.45) is 15.5. The van der Waals surface area contributed by atoms with Crippen molar-refractivity contribution < 1.29 is 24.2 Å². The average molecular weight is 573 g/mol. The number of hydrogen-bond donors (Lipinski definition) is 3. The van der Waals surface area contributed by atoms with Crippen molar-refractivity contribution in [2.45, 2.75) is 124 Å². The van der Waals surface area contributed by atoms with Gasteiger partial charge in [0.1, 0.15) is 6.10 Å². The molecule has 0 heterocycles. The summed E-state index contributed by atoms with van der Waals surface area (Å²) < 4.78 is 5.79. The van der Waals surface area contributed by atoms with Crippen molar-refractivity contribution in [3.8, 4) is 0 Å². The molecule has 0 radical (unpaired) electrons. The van der Waals surface area contributed by atoms with Crippen LogP contribution in [-0.4, -0.2) is 42.3 Å². The van der Waals surface area contributed by atoms with E-state index in [-0.39, 0.29) is 43.4 Å². The van der Waals surface area contributed by atoms with E-state index in [1.807, 2.05) is 0 Å². The molecule has 0 aromatic rings. The van der Waals surface area contributed by atoms with E-state index in [4.69, 9.17) is 9.84 Å². The maximum absolute atomic E-state index is 12.4. The number of amides is 2. The number of carbonyl (C=O) groups is 3. The van der Waals surface area contributed by atoms with E-state index in [1.54, 1.807) is 0 Å². The number of rotatable bonds is 12. The molecule has 4 rings (SSSR count). The molecule has 4 unspecified atom stereocenters. The lowest BCUT2D eigenvalue weighted by atomic mass is 9.47. The fourth-order valence-corrected chi connectivity index (χ4v) is 9.62. The maximum atomic E-state index is 12.4. The van der Waals surface area contributed by atoms with Gasteiger partial charge in [-0.2, -0.15) is 0 Å². The van der Waals surface area contributed by atoms with Gasteiger partial charge < -0.3 is 20.5 Å². The van der Waals surface area contributed by atoms with E-state index in [0.29, 0.717) is 5.41 Å². The molecule has 0 aromatic heterocycles. The molecule has 3 saturated carbocycles. The number of allylic oxidation sites excluding steroid dienone is 1. The molecule has 7 heteroatoms. The second-order valence-corrected chi connectivity index (χ2v) is 14.7. The van der Waals surface area contributed by atoms with E-state index in [0.717, 1.165) is 54.8 Å². The monoisotopic (exact) mass is 572 g/mol. The molecule has 4 aliphatic carbocycles. The van der Waals surface area contributed by atoms with Gasteiger partial charge in [-0.3, -0.25) is 9.59 Å². The molecule has 232 valence electrons. The van der Waals surface area contributed by atoms with E-state index in [2.05, 4.69) is 51.3 Å². The largest absolute Gasteiger partial charge is 0.481 e. The first-order valence-electron chi connectivity index (χ1n) is 16.6. The Bertz CT molecular complexity index is 978. The minimum Gasteiger partial charge on any atom is -0.481 e. The third-order valence-electron chi connectivity index (χ3n) is 11.8. The fraction of sp³-hybridized carbons (Fsp3) is 0.853. The van der Waals surface area contributed by atoms with Crippen LogP contribution >= 0.6 is 0 Å². The van der Waals surface area contributed by atoms with E-state index in [9.17, 15) is 14.4 Å². The smallest absolute Gasteiger partial charge is 0.407 e. The first-order valence-corrected chi connectivity index (χ1v) is 16.6. The molecule has 3 fully saturated rings. The molecule has 0 aromatic carbocycles. The van der Waals surface area contributed by atoms with Crippen LogP contribution < -0.4 is 10.6 Å². The van der Waals surface area contributed by atoms with Gasteiger partial charge in [0.25, 0.3) is 0 Å². The first kappa shape index (κ1) is 31.9. The minimum atomic E-state index is -0.953. The average Bonchev–Trinajstić information content (AvgIpc) is 3.25. The third-order valence-corrected chi connectivity index (χ3v) is 11.8. The normalized spacial score (nSPS) is 35.0. The minimum absolute atomic E-state index is 0.0918. The number of nitrogens with one attached hydrogen (secondary N) is 2. The van der Waals surface area contributed by atoms with Gasteiger partial charge in [0, 0.05) is 25.9 Å². The number of carboxylic acids is 1. The molecular formula is C34H56N2O5. The van der Waals surface area contributed by atoms with Gasteiger partial charge in [-0.1, -0.05) is 65.5 Å². The molecular weight excluding hydrogens is 516 g/mol. The molecule has 0 aliphatic heterocycles. The molecule has 2 amide bonds. The molecule has 7 nitrogen and oxygen atoms in total. The van der Waals surface area contributed by atoms with Crippen LogP contribution in [0.25, 0.3) is 0 Å². The van der Waals surface area contributed by atoms with Crippen LogP contribution in [0.1, 0.15) is 118 Å². The predicted octanol–water partition coefficient (Wildman–Crippen LogP) is 7.10. The highest BCUT2D eigenvalue weighted by Gasteiger charge is 2.59. The number of alkyl carbamates (subject to hydrolysis) is 1. The molecule has 4 aliphatic rings. The van der Waals surface area contributed by atoms with Crippen LogP contribution in [0.5, 0.6) is 0 Å². The summed E-state index contributed by atoms with van der Waals surface area (Å²) >= 11 is 0. The molecule has 3 N–H and O–H groups in total. The Kier molecular flexibility index (Phi) is 10.5. The SMILES string of the molecule is CC(C)CCC[C@@H](C)[C@H]1CCC2C3CC=C4CC(OC(=O)NCCC(=O)NCCC(=O)O)CC[C@]4(C)C3CC[C@@]21C. The summed E-state index contributed by atoms with van der Waals surface area (Å²) in [5.74, 6) is 3.65. The Morgan fingerprint density at radius 2 is 1.73 bits per heavy atom. The molecule has 0 bridgehead atoms. The zero-order valence-corrected chi connectivity index (χ0v) is 26.3. The second-order valence-electron chi connectivity index (χ2n) is 14.7. The predicted molar refractivity (Wildman–Crippen MR) is 161 cm³/mol. The van der Waals surface area contributed by atoms with Gasteiger partial charge >= 0.3 is 12.1 Å². The maximum Gasteiger partial charge on any atom is 0.407 e. The number of aliphatic carboxylic acids is 1. The third kappa shape index (κ3) is 7.30. The van der Waals surface area contributed by atoms with Gasteiger partial charge in [-0.05, 0) is 91.3 Å². The summed E-state index contributed by atoms with van der Waals surface area (Å²) in [7, 11) is 0. The quantitative estimate of drug-likeness (QED) is 0.216. The van der Waals surface area contributed by atoms with Crippen LogP contribution in [0.15, 0.2) is 11.6 Å². The Hall–Kier alpha value is -2.05. The molecule has 8 atom stereocenters. The van der Waals surface area contributed by atoms with Crippen molar-refractivity contribution in [1.82, 2.24) is 10.6 Å². The summed E-state index contributed by atoms with van der Waals surface area (Å²) in [6.45, 7) is 12.6. The highest BCUT2D eigenvalue weighted by molar-refractivity contribution is 5.77.